The van der Waals surface area contributed by atoms with E-state index in [1.165, 1.54) is 0 Å². The summed E-state index contributed by atoms with van der Waals surface area (Å²) in [5.41, 5.74) is 13.5. The van der Waals surface area contributed by atoms with E-state index < -0.39 is 0 Å². The average molecular weight is 368 g/mol. The molecule has 0 amide bonds. The maximum atomic E-state index is 5.87. The van der Waals surface area contributed by atoms with Gasteiger partial charge in [0.2, 0.25) is 0 Å². The Bertz CT molecular complexity index is 687. The summed E-state index contributed by atoms with van der Waals surface area (Å²) < 4.78 is 11.4. The van der Waals surface area contributed by atoms with Crippen molar-refractivity contribution in [3.8, 4) is 11.5 Å². The standard InChI is InChI=1S/C21H28N4O2/c1-3-24-20(22)16-6-10-18(11-7-16)26-14-5-15-27-19-12-8-17(9-13-19)21(23)25-4-2/h6-13H,3-5,14-15H2,1-2H3,(H2,22,24)(H2,23,25). The maximum Gasteiger partial charge on any atom is 0.125 e. The quantitative estimate of drug-likeness (QED) is 0.383. The predicted octanol–water partition coefficient (Wildman–Crippen LogP) is 2.98. The van der Waals surface area contributed by atoms with Gasteiger partial charge in [0, 0.05) is 30.6 Å². The third kappa shape index (κ3) is 6.66. The van der Waals surface area contributed by atoms with Crippen molar-refractivity contribution < 1.29 is 9.47 Å². The lowest BCUT2D eigenvalue weighted by Crippen LogP contribution is -2.13. The molecule has 0 spiro atoms. The van der Waals surface area contributed by atoms with E-state index in [0.717, 1.165) is 29.0 Å². The highest BCUT2D eigenvalue weighted by atomic mass is 16.5. The van der Waals surface area contributed by atoms with Gasteiger partial charge in [0.15, 0.2) is 0 Å². The van der Waals surface area contributed by atoms with Gasteiger partial charge < -0.3 is 20.9 Å². The molecule has 0 saturated carbocycles. The van der Waals surface area contributed by atoms with Gasteiger partial charge in [-0.25, -0.2) is 0 Å². The molecule has 0 aliphatic rings. The number of nitrogens with two attached hydrogens (primary N) is 2. The van der Waals surface area contributed by atoms with Crippen LogP contribution in [0.2, 0.25) is 0 Å². The predicted molar refractivity (Wildman–Crippen MR) is 111 cm³/mol. The lowest BCUT2D eigenvalue weighted by molar-refractivity contribution is 0.247. The van der Waals surface area contributed by atoms with Crippen LogP contribution in [0.1, 0.15) is 31.4 Å². The molecule has 0 heterocycles. The maximum absolute atomic E-state index is 5.87. The Hall–Kier alpha value is -3.02. The number of benzene rings is 2. The van der Waals surface area contributed by atoms with E-state index in [-0.39, 0.29) is 0 Å². The van der Waals surface area contributed by atoms with Gasteiger partial charge in [0.1, 0.15) is 23.2 Å². The second kappa shape index (κ2) is 10.9. The zero-order chi connectivity index (χ0) is 19.5. The van der Waals surface area contributed by atoms with Crippen molar-refractivity contribution in [3.05, 3.63) is 59.7 Å². The summed E-state index contributed by atoms with van der Waals surface area (Å²) in [6.45, 7) is 6.41. The molecular weight excluding hydrogens is 340 g/mol. The summed E-state index contributed by atoms with van der Waals surface area (Å²) in [6, 6.07) is 15.2. The van der Waals surface area contributed by atoms with E-state index in [0.29, 0.717) is 38.0 Å². The smallest absolute Gasteiger partial charge is 0.125 e. The molecule has 2 aromatic carbocycles. The monoisotopic (exact) mass is 368 g/mol. The SMILES string of the molecule is CCN=C(N)c1ccc(OCCCOc2ccc(C(N)=NCC)cc2)cc1. The molecule has 0 fully saturated rings. The molecule has 0 aromatic heterocycles. The summed E-state index contributed by atoms with van der Waals surface area (Å²) in [5, 5.41) is 0. The number of ether oxygens (including phenoxy) is 2. The summed E-state index contributed by atoms with van der Waals surface area (Å²) in [6.07, 6.45) is 0.780. The third-order valence-corrected chi connectivity index (χ3v) is 3.78. The second-order valence-corrected chi connectivity index (χ2v) is 5.82. The summed E-state index contributed by atoms with van der Waals surface area (Å²) >= 11 is 0. The molecule has 0 atom stereocenters. The van der Waals surface area contributed by atoms with E-state index in [4.69, 9.17) is 20.9 Å². The molecule has 2 aromatic rings. The van der Waals surface area contributed by atoms with Crippen LogP contribution in [-0.2, 0) is 0 Å². The van der Waals surface area contributed by atoms with Crippen molar-refractivity contribution in [1.29, 1.82) is 0 Å². The van der Waals surface area contributed by atoms with Gasteiger partial charge in [-0.2, -0.15) is 0 Å². The van der Waals surface area contributed by atoms with Crippen LogP contribution in [0.4, 0.5) is 0 Å². The Morgan fingerprint density at radius 1 is 0.704 bits per heavy atom. The molecule has 0 saturated heterocycles. The molecule has 0 bridgehead atoms. The lowest BCUT2D eigenvalue weighted by Gasteiger charge is -2.09. The van der Waals surface area contributed by atoms with Crippen LogP contribution in [0.5, 0.6) is 11.5 Å². The van der Waals surface area contributed by atoms with Crippen LogP contribution in [0.25, 0.3) is 0 Å². The Balaban J connectivity index is 1.71. The summed E-state index contributed by atoms with van der Waals surface area (Å²) in [5.74, 6) is 2.70. The number of rotatable bonds is 10. The number of hydrogen-bond donors (Lipinski definition) is 2. The molecule has 0 radical (unpaired) electrons. The first-order chi connectivity index (χ1) is 13.1. The normalized spacial score (nSPS) is 12.1. The first kappa shape index (κ1) is 20.3. The molecule has 144 valence electrons. The molecule has 6 nitrogen and oxygen atoms in total. The second-order valence-electron chi connectivity index (χ2n) is 5.82. The zero-order valence-electron chi connectivity index (χ0n) is 16.0. The van der Waals surface area contributed by atoms with E-state index in [1.54, 1.807) is 0 Å². The summed E-state index contributed by atoms with van der Waals surface area (Å²) in [7, 11) is 0. The van der Waals surface area contributed by atoms with Crippen molar-refractivity contribution >= 4 is 11.7 Å². The molecule has 0 aliphatic heterocycles. The highest BCUT2D eigenvalue weighted by Crippen LogP contribution is 2.14. The van der Waals surface area contributed by atoms with Gasteiger partial charge in [0.25, 0.3) is 0 Å². The third-order valence-electron chi connectivity index (χ3n) is 3.78. The minimum absolute atomic E-state index is 0.547. The van der Waals surface area contributed by atoms with Crippen molar-refractivity contribution in [2.24, 2.45) is 21.5 Å². The van der Waals surface area contributed by atoms with Gasteiger partial charge in [0.05, 0.1) is 13.2 Å². The van der Waals surface area contributed by atoms with Crippen LogP contribution in [0.3, 0.4) is 0 Å². The fourth-order valence-corrected chi connectivity index (χ4v) is 2.41. The van der Waals surface area contributed by atoms with E-state index in [2.05, 4.69) is 9.98 Å². The minimum Gasteiger partial charge on any atom is -0.493 e. The van der Waals surface area contributed by atoms with Crippen LogP contribution in [0.15, 0.2) is 58.5 Å². The molecule has 0 unspecified atom stereocenters. The van der Waals surface area contributed by atoms with Crippen molar-refractivity contribution in [2.45, 2.75) is 20.3 Å². The number of nitrogens with zero attached hydrogens (tertiary/aromatic N) is 2. The summed E-state index contributed by atoms with van der Waals surface area (Å²) in [4.78, 5) is 8.38. The number of aliphatic imine (C=N–C) groups is 2. The highest BCUT2D eigenvalue weighted by molar-refractivity contribution is 5.98. The molecule has 0 aliphatic carbocycles. The van der Waals surface area contributed by atoms with E-state index in [9.17, 15) is 0 Å². The van der Waals surface area contributed by atoms with Gasteiger partial charge in [-0.3, -0.25) is 9.98 Å². The molecular formula is C21H28N4O2. The van der Waals surface area contributed by atoms with Crippen molar-refractivity contribution in [1.82, 2.24) is 0 Å². The van der Waals surface area contributed by atoms with Gasteiger partial charge in [-0.15, -0.1) is 0 Å². The number of hydrogen-bond acceptors (Lipinski definition) is 4. The first-order valence-electron chi connectivity index (χ1n) is 9.20. The fraction of sp³-hybridized carbons (Fsp3) is 0.333. The zero-order valence-corrected chi connectivity index (χ0v) is 16.0. The minimum atomic E-state index is 0.547. The van der Waals surface area contributed by atoms with Crippen molar-refractivity contribution in [3.63, 3.8) is 0 Å². The van der Waals surface area contributed by atoms with Gasteiger partial charge in [-0.1, -0.05) is 0 Å². The van der Waals surface area contributed by atoms with Crippen LogP contribution < -0.4 is 20.9 Å². The van der Waals surface area contributed by atoms with Crippen LogP contribution in [0, 0.1) is 0 Å². The van der Waals surface area contributed by atoms with E-state index in [1.807, 2.05) is 62.4 Å². The van der Waals surface area contributed by atoms with Gasteiger partial charge in [-0.05, 0) is 62.4 Å². The highest BCUT2D eigenvalue weighted by Gasteiger charge is 2.01. The molecule has 2 rings (SSSR count). The topological polar surface area (TPSA) is 95.2 Å². The molecule has 6 heteroatoms. The van der Waals surface area contributed by atoms with Crippen molar-refractivity contribution in [2.75, 3.05) is 26.3 Å². The Labute approximate surface area is 160 Å². The lowest BCUT2D eigenvalue weighted by atomic mass is 10.2. The Kier molecular flexibility index (Phi) is 8.16. The molecule has 4 N–H and O–H groups in total. The molecule has 27 heavy (non-hydrogen) atoms. The Morgan fingerprint density at radius 2 is 1.07 bits per heavy atom. The Morgan fingerprint density at radius 3 is 1.41 bits per heavy atom. The van der Waals surface area contributed by atoms with Crippen LogP contribution in [-0.4, -0.2) is 38.0 Å². The number of amidine groups is 2. The fourth-order valence-electron chi connectivity index (χ4n) is 2.41. The average Bonchev–Trinajstić information content (AvgIpc) is 2.69. The van der Waals surface area contributed by atoms with E-state index >= 15 is 0 Å². The largest absolute Gasteiger partial charge is 0.493 e. The van der Waals surface area contributed by atoms with Gasteiger partial charge >= 0.3 is 0 Å². The first-order valence-corrected chi connectivity index (χ1v) is 9.20. The van der Waals surface area contributed by atoms with Crippen LogP contribution >= 0.6 is 0 Å².